The predicted octanol–water partition coefficient (Wildman–Crippen LogP) is 3.10. The highest BCUT2D eigenvalue weighted by Crippen LogP contribution is 2.27. The summed E-state index contributed by atoms with van der Waals surface area (Å²) in [4.78, 5) is 23.2. The molecule has 0 saturated carbocycles. The third-order valence-electron chi connectivity index (χ3n) is 4.50. The fourth-order valence-electron chi connectivity index (χ4n) is 3.25. The van der Waals surface area contributed by atoms with Gasteiger partial charge in [0, 0.05) is 55.9 Å². The molecule has 1 unspecified atom stereocenters. The first-order valence-electron chi connectivity index (χ1n) is 8.50. The third kappa shape index (κ3) is 3.60. The van der Waals surface area contributed by atoms with Crippen molar-refractivity contribution in [3.63, 3.8) is 0 Å². The van der Waals surface area contributed by atoms with E-state index in [0.29, 0.717) is 5.92 Å². The number of pyridine rings is 1. The van der Waals surface area contributed by atoms with Crippen LogP contribution in [-0.2, 0) is 6.54 Å². The lowest BCUT2D eigenvalue weighted by molar-refractivity contribution is 0.0703. The summed E-state index contributed by atoms with van der Waals surface area (Å²) >= 11 is 0. The van der Waals surface area contributed by atoms with Crippen LogP contribution in [0.15, 0.2) is 36.9 Å². The maximum Gasteiger partial charge on any atom is 0.253 e. The van der Waals surface area contributed by atoms with E-state index < -0.39 is 0 Å². The summed E-state index contributed by atoms with van der Waals surface area (Å²) < 4.78 is 2.26. The van der Waals surface area contributed by atoms with Crippen molar-refractivity contribution in [1.29, 1.82) is 0 Å². The number of imidazole rings is 1. The molecule has 5 nitrogen and oxygen atoms in total. The van der Waals surface area contributed by atoms with Gasteiger partial charge in [-0.15, -0.1) is 0 Å². The van der Waals surface area contributed by atoms with Crippen LogP contribution in [0.25, 0.3) is 0 Å². The molecule has 1 atom stereocenters. The lowest BCUT2D eigenvalue weighted by Gasteiger charge is -2.32. The van der Waals surface area contributed by atoms with Crippen LogP contribution in [-0.4, -0.2) is 38.4 Å². The van der Waals surface area contributed by atoms with Crippen LogP contribution in [0.3, 0.4) is 0 Å². The standard InChI is InChI=1S/C18H24N4O/c1-2-3-11-21-13-10-20-17(21)16-5-4-12-22(14-16)18(23)15-6-8-19-9-7-15/h6-10,13,16H,2-5,11-12,14H2,1H3. The predicted molar refractivity (Wildman–Crippen MR) is 89.3 cm³/mol. The first-order valence-corrected chi connectivity index (χ1v) is 8.50. The fourth-order valence-corrected chi connectivity index (χ4v) is 3.25. The number of rotatable bonds is 5. The van der Waals surface area contributed by atoms with E-state index in [1.807, 2.05) is 11.1 Å². The molecule has 1 fully saturated rings. The topological polar surface area (TPSA) is 51.0 Å². The molecule has 5 heteroatoms. The van der Waals surface area contributed by atoms with E-state index in [1.165, 1.54) is 6.42 Å². The first-order chi connectivity index (χ1) is 11.3. The summed E-state index contributed by atoms with van der Waals surface area (Å²) in [6.07, 6.45) is 11.8. The Hall–Kier alpha value is -2.17. The summed E-state index contributed by atoms with van der Waals surface area (Å²) in [7, 11) is 0. The van der Waals surface area contributed by atoms with E-state index in [1.54, 1.807) is 24.5 Å². The SMILES string of the molecule is CCCCn1ccnc1C1CCCN(C(=O)c2ccncc2)C1. The molecule has 0 N–H and O–H groups in total. The van der Waals surface area contributed by atoms with Gasteiger partial charge in [-0.25, -0.2) is 4.98 Å². The number of amides is 1. The molecule has 2 aromatic rings. The minimum absolute atomic E-state index is 0.101. The molecule has 1 aliphatic rings. The minimum atomic E-state index is 0.101. The van der Waals surface area contributed by atoms with Gasteiger partial charge < -0.3 is 9.47 Å². The maximum atomic E-state index is 12.6. The van der Waals surface area contributed by atoms with Gasteiger partial charge in [0.1, 0.15) is 5.82 Å². The number of likely N-dealkylation sites (tertiary alicyclic amines) is 1. The number of aromatic nitrogens is 3. The zero-order valence-electron chi connectivity index (χ0n) is 13.7. The second-order valence-electron chi connectivity index (χ2n) is 6.16. The van der Waals surface area contributed by atoms with Gasteiger partial charge in [0.25, 0.3) is 5.91 Å². The molecule has 0 bridgehead atoms. The van der Waals surface area contributed by atoms with Crippen molar-refractivity contribution < 1.29 is 4.79 Å². The Balaban J connectivity index is 1.71. The normalized spacial score (nSPS) is 18.1. The van der Waals surface area contributed by atoms with Crippen LogP contribution < -0.4 is 0 Å². The van der Waals surface area contributed by atoms with Crippen molar-refractivity contribution in [1.82, 2.24) is 19.4 Å². The quantitative estimate of drug-likeness (QED) is 0.852. The van der Waals surface area contributed by atoms with Crippen LogP contribution in [0, 0.1) is 0 Å². The van der Waals surface area contributed by atoms with Gasteiger partial charge in [0.15, 0.2) is 0 Å². The molecule has 0 aromatic carbocycles. The lowest BCUT2D eigenvalue weighted by Crippen LogP contribution is -2.39. The number of aryl methyl sites for hydroxylation is 1. The Kier molecular flexibility index (Phi) is 5.05. The smallest absolute Gasteiger partial charge is 0.253 e. The van der Waals surface area contributed by atoms with Crippen LogP contribution in [0.5, 0.6) is 0 Å². The highest BCUT2D eigenvalue weighted by Gasteiger charge is 2.27. The summed E-state index contributed by atoms with van der Waals surface area (Å²) in [6, 6.07) is 3.57. The van der Waals surface area contributed by atoms with Gasteiger partial charge in [-0.1, -0.05) is 13.3 Å². The van der Waals surface area contributed by atoms with Crippen molar-refractivity contribution in [2.24, 2.45) is 0 Å². The average molecular weight is 312 g/mol. The summed E-state index contributed by atoms with van der Waals surface area (Å²) in [5, 5.41) is 0. The second kappa shape index (κ2) is 7.40. The number of carbonyl (C=O) groups is 1. The van der Waals surface area contributed by atoms with Crippen molar-refractivity contribution in [2.45, 2.75) is 45.1 Å². The van der Waals surface area contributed by atoms with Crippen molar-refractivity contribution >= 4 is 5.91 Å². The summed E-state index contributed by atoms with van der Waals surface area (Å²) in [5.74, 6) is 1.57. The van der Waals surface area contributed by atoms with Crippen LogP contribution >= 0.6 is 0 Å². The average Bonchev–Trinajstić information content (AvgIpc) is 3.08. The van der Waals surface area contributed by atoms with Crippen LogP contribution in [0.1, 0.15) is 54.7 Å². The van der Waals surface area contributed by atoms with Gasteiger partial charge in [-0.3, -0.25) is 9.78 Å². The number of hydrogen-bond acceptors (Lipinski definition) is 3. The number of piperidine rings is 1. The van der Waals surface area contributed by atoms with Crippen molar-refractivity contribution in [3.05, 3.63) is 48.3 Å². The van der Waals surface area contributed by atoms with Crippen molar-refractivity contribution in [3.8, 4) is 0 Å². The zero-order valence-corrected chi connectivity index (χ0v) is 13.7. The number of carbonyl (C=O) groups excluding carboxylic acids is 1. The van der Waals surface area contributed by atoms with E-state index in [-0.39, 0.29) is 5.91 Å². The Morgan fingerprint density at radius 1 is 1.30 bits per heavy atom. The molecule has 3 heterocycles. The molecule has 23 heavy (non-hydrogen) atoms. The Labute approximate surface area is 137 Å². The summed E-state index contributed by atoms with van der Waals surface area (Å²) in [6.45, 7) is 4.80. The number of unbranched alkanes of at least 4 members (excludes halogenated alkanes) is 1. The Morgan fingerprint density at radius 3 is 2.91 bits per heavy atom. The number of nitrogens with zero attached hydrogens (tertiary/aromatic N) is 4. The highest BCUT2D eigenvalue weighted by atomic mass is 16.2. The molecule has 0 radical (unpaired) electrons. The van der Waals surface area contributed by atoms with E-state index in [2.05, 4.69) is 27.7 Å². The molecular formula is C18H24N4O. The molecule has 1 saturated heterocycles. The van der Waals surface area contributed by atoms with E-state index in [0.717, 1.165) is 50.3 Å². The van der Waals surface area contributed by atoms with Gasteiger partial charge in [-0.05, 0) is 31.4 Å². The van der Waals surface area contributed by atoms with Gasteiger partial charge in [0.05, 0.1) is 0 Å². The van der Waals surface area contributed by atoms with E-state index in [4.69, 9.17) is 0 Å². The van der Waals surface area contributed by atoms with E-state index >= 15 is 0 Å². The zero-order chi connectivity index (χ0) is 16.1. The molecule has 1 amide bonds. The lowest BCUT2D eigenvalue weighted by atomic mass is 9.96. The second-order valence-corrected chi connectivity index (χ2v) is 6.16. The first kappa shape index (κ1) is 15.7. The Morgan fingerprint density at radius 2 is 2.13 bits per heavy atom. The highest BCUT2D eigenvalue weighted by molar-refractivity contribution is 5.94. The van der Waals surface area contributed by atoms with Crippen molar-refractivity contribution in [2.75, 3.05) is 13.1 Å². The van der Waals surface area contributed by atoms with Crippen LogP contribution in [0.2, 0.25) is 0 Å². The monoisotopic (exact) mass is 312 g/mol. The number of hydrogen-bond donors (Lipinski definition) is 0. The maximum absolute atomic E-state index is 12.6. The summed E-state index contributed by atoms with van der Waals surface area (Å²) in [5.41, 5.74) is 0.718. The fraction of sp³-hybridized carbons (Fsp3) is 0.500. The van der Waals surface area contributed by atoms with Crippen LogP contribution in [0.4, 0.5) is 0 Å². The molecule has 3 rings (SSSR count). The Bertz CT molecular complexity index is 637. The largest absolute Gasteiger partial charge is 0.338 e. The molecule has 0 spiro atoms. The molecule has 1 aliphatic heterocycles. The minimum Gasteiger partial charge on any atom is -0.338 e. The molecule has 122 valence electrons. The van der Waals surface area contributed by atoms with E-state index in [9.17, 15) is 4.79 Å². The molecular weight excluding hydrogens is 288 g/mol. The van der Waals surface area contributed by atoms with Gasteiger partial charge in [-0.2, -0.15) is 0 Å². The van der Waals surface area contributed by atoms with Gasteiger partial charge >= 0.3 is 0 Å². The molecule has 0 aliphatic carbocycles. The van der Waals surface area contributed by atoms with Gasteiger partial charge in [0.2, 0.25) is 0 Å². The third-order valence-corrected chi connectivity index (χ3v) is 4.50. The molecule has 2 aromatic heterocycles.